The quantitative estimate of drug-likeness (QED) is 0.456. The van der Waals surface area contributed by atoms with Crippen LogP contribution in [-0.4, -0.2) is 16.9 Å². The molecule has 148 valence electrons. The summed E-state index contributed by atoms with van der Waals surface area (Å²) < 4.78 is 0. The van der Waals surface area contributed by atoms with E-state index in [2.05, 4.69) is 10.6 Å². The molecule has 0 aliphatic rings. The third-order valence-electron chi connectivity index (χ3n) is 4.71. The lowest BCUT2D eigenvalue weighted by molar-refractivity contribution is -0.383. The van der Waals surface area contributed by atoms with Gasteiger partial charge in [-0.25, -0.2) is 0 Å². The molecule has 6 heteroatoms. The van der Waals surface area contributed by atoms with Gasteiger partial charge in [-0.3, -0.25) is 20.2 Å². The van der Waals surface area contributed by atoms with E-state index in [1.807, 2.05) is 61.5 Å². The van der Waals surface area contributed by atoms with Crippen LogP contribution in [0.1, 0.15) is 29.7 Å². The Morgan fingerprint density at radius 3 is 2.14 bits per heavy atom. The van der Waals surface area contributed by atoms with E-state index in [1.165, 1.54) is 12.1 Å². The van der Waals surface area contributed by atoms with Crippen LogP contribution < -0.4 is 10.6 Å². The molecular formula is C23H23N3O3. The molecule has 0 aliphatic heterocycles. The lowest BCUT2D eigenvalue weighted by atomic mass is 9.97. The first kappa shape index (κ1) is 20.2. The van der Waals surface area contributed by atoms with Crippen LogP contribution in [0.2, 0.25) is 0 Å². The SMILES string of the molecule is Cc1ccc([C@H](N[C@@H](C)C(=O)Nc2ccccc2[N+](=O)[O-])c2ccccc2)cc1. The monoisotopic (exact) mass is 389 g/mol. The Morgan fingerprint density at radius 1 is 0.897 bits per heavy atom. The highest BCUT2D eigenvalue weighted by Gasteiger charge is 2.23. The van der Waals surface area contributed by atoms with Crippen LogP contribution in [0.4, 0.5) is 11.4 Å². The number of nitrogens with zero attached hydrogens (tertiary/aromatic N) is 1. The minimum atomic E-state index is -0.582. The first-order valence-corrected chi connectivity index (χ1v) is 9.37. The van der Waals surface area contributed by atoms with E-state index in [0.29, 0.717) is 0 Å². The van der Waals surface area contributed by atoms with Crippen LogP contribution in [0.5, 0.6) is 0 Å². The van der Waals surface area contributed by atoms with Crippen molar-refractivity contribution in [2.75, 3.05) is 5.32 Å². The molecular weight excluding hydrogens is 366 g/mol. The maximum atomic E-state index is 12.7. The van der Waals surface area contributed by atoms with E-state index in [-0.39, 0.29) is 23.3 Å². The minimum Gasteiger partial charge on any atom is -0.319 e. The molecule has 0 aliphatic carbocycles. The molecule has 29 heavy (non-hydrogen) atoms. The maximum Gasteiger partial charge on any atom is 0.292 e. The van der Waals surface area contributed by atoms with Gasteiger partial charge >= 0.3 is 0 Å². The summed E-state index contributed by atoms with van der Waals surface area (Å²) in [6.45, 7) is 3.77. The molecule has 3 aromatic rings. The van der Waals surface area contributed by atoms with E-state index in [0.717, 1.165) is 16.7 Å². The summed E-state index contributed by atoms with van der Waals surface area (Å²) in [4.78, 5) is 23.4. The zero-order valence-corrected chi connectivity index (χ0v) is 16.3. The molecule has 0 heterocycles. The second-order valence-electron chi connectivity index (χ2n) is 6.91. The van der Waals surface area contributed by atoms with E-state index in [9.17, 15) is 14.9 Å². The zero-order valence-electron chi connectivity index (χ0n) is 16.3. The molecule has 0 aromatic heterocycles. The second-order valence-corrected chi connectivity index (χ2v) is 6.91. The smallest absolute Gasteiger partial charge is 0.292 e. The summed E-state index contributed by atoms with van der Waals surface area (Å²) in [7, 11) is 0. The van der Waals surface area contributed by atoms with Gasteiger partial charge in [-0.2, -0.15) is 0 Å². The van der Waals surface area contributed by atoms with Crippen LogP contribution in [0, 0.1) is 17.0 Å². The number of nitrogens with one attached hydrogen (secondary N) is 2. The molecule has 0 spiro atoms. The van der Waals surface area contributed by atoms with Crippen molar-refractivity contribution in [2.24, 2.45) is 0 Å². The van der Waals surface area contributed by atoms with Crippen molar-refractivity contribution < 1.29 is 9.72 Å². The molecule has 0 bridgehead atoms. The molecule has 3 rings (SSSR count). The van der Waals surface area contributed by atoms with Crippen LogP contribution >= 0.6 is 0 Å². The minimum absolute atomic E-state index is 0.133. The summed E-state index contributed by atoms with van der Waals surface area (Å²) >= 11 is 0. The topological polar surface area (TPSA) is 84.3 Å². The van der Waals surface area contributed by atoms with Gasteiger partial charge in [0.2, 0.25) is 5.91 Å². The number of nitro benzene ring substituents is 1. The molecule has 0 saturated heterocycles. The van der Waals surface area contributed by atoms with Crippen LogP contribution in [0.25, 0.3) is 0 Å². The van der Waals surface area contributed by atoms with E-state index in [4.69, 9.17) is 0 Å². The maximum absolute atomic E-state index is 12.7. The molecule has 0 radical (unpaired) electrons. The number of anilines is 1. The fraction of sp³-hybridized carbons (Fsp3) is 0.174. The van der Waals surface area contributed by atoms with Crippen LogP contribution in [-0.2, 0) is 4.79 Å². The van der Waals surface area contributed by atoms with Crippen molar-refractivity contribution in [1.29, 1.82) is 0 Å². The lowest BCUT2D eigenvalue weighted by Gasteiger charge is -2.24. The van der Waals surface area contributed by atoms with Crippen molar-refractivity contribution in [2.45, 2.75) is 25.9 Å². The van der Waals surface area contributed by atoms with Gasteiger partial charge in [-0.05, 0) is 31.0 Å². The van der Waals surface area contributed by atoms with Gasteiger partial charge in [-0.1, -0.05) is 72.3 Å². The Morgan fingerprint density at radius 2 is 1.48 bits per heavy atom. The highest BCUT2D eigenvalue weighted by molar-refractivity contribution is 5.96. The Labute approximate surface area is 169 Å². The first-order chi connectivity index (χ1) is 14.0. The van der Waals surface area contributed by atoms with Crippen molar-refractivity contribution >= 4 is 17.3 Å². The summed E-state index contributed by atoms with van der Waals surface area (Å²) in [5.74, 6) is -0.340. The van der Waals surface area contributed by atoms with E-state index in [1.54, 1.807) is 19.1 Å². The first-order valence-electron chi connectivity index (χ1n) is 9.37. The number of nitro groups is 1. The Kier molecular flexibility index (Phi) is 6.36. The Bertz CT molecular complexity index is 988. The summed E-state index contributed by atoms with van der Waals surface area (Å²) in [6, 6.07) is 23.3. The molecule has 3 aromatic carbocycles. The molecule has 0 fully saturated rings. The van der Waals surface area contributed by atoms with Gasteiger partial charge in [-0.15, -0.1) is 0 Å². The van der Waals surface area contributed by atoms with Gasteiger partial charge < -0.3 is 5.32 Å². The largest absolute Gasteiger partial charge is 0.319 e. The second kappa shape index (κ2) is 9.12. The number of aryl methyl sites for hydroxylation is 1. The third kappa shape index (κ3) is 5.06. The number of para-hydroxylation sites is 2. The van der Waals surface area contributed by atoms with Gasteiger partial charge in [0, 0.05) is 6.07 Å². The molecule has 0 saturated carbocycles. The third-order valence-corrected chi connectivity index (χ3v) is 4.71. The summed E-state index contributed by atoms with van der Waals surface area (Å²) in [6.07, 6.45) is 0. The molecule has 6 nitrogen and oxygen atoms in total. The number of benzene rings is 3. The Hall–Kier alpha value is -3.51. The van der Waals surface area contributed by atoms with Gasteiger partial charge in [0.25, 0.3) is 5.69 Å². The highest BCUT2D eigenvalue weighted by Crippen LogP contribution is 2.25. The number of carbonyl (C=O) groups is 1. The number of rotatable bonds is 7. The van der Waals surface area contributed by atoms with Crippen molar-refractivity contribution in [3.8, 4) is 0 Å². The average Bonchev–Trinajstić information content (AvgIpc) is 2.73. The number of amides is 1. The standard InChI is InChI=1S/C23H23N3O3/c1-16-12-14-19(15-13-16)22(18-8-4-3-5-9-18)24-17(2)23(27)25-20-10-6-7-11-21(20)26(28)29/h3-15,17,22,24H,1-2H3,(H,25,27)/t17-,22+/m0/s1. The predicted octanol–water partition coefficient (Wildman–Crippen LogP) is 4.61. The normalized spacial score (nSPS) is 12.8. The molecule has 1 amide bonds. The highest BCUT2D eigenvalue weighted by atomic mass is 16.6. The zero-order chi connectivity index (χ0) is 20.8. The van der Waals surface area contributed by atoms with Crippen LogP contribution in [0.15, 0.2) is 78.9 Å². The van der Waals surface area contributed by atoms with Gasteiger partial charge in [0.05, 0.1) is 17.0 Å². The number of carbonyl (C=O) groups excluding carboxylic acids is 1. The Balaban J connectivity index is 1.81. The summed E-state index contributed by atoms with van der Waals surface area (Å²) in [5.41, 5.74) is 3.27. The lowest BCUT2D eigenvalue weighted by Crippen LogP contribution is -2.40. The number of hydrogen-bond acceptors (Lipinski definition) is 4. The van der Waals surface area contributed by atoms with Crippen molar-refractivity contribution in [3.05, 3.63) is 106 Å². The van der Waals surface area contributed by atoms with E-state index >= 15 is 0 Å². The van der Waals surface area contributed by atoms with E-state index < -0.39 is 11.0 Å². The molecule has 0 unspecified atom stereocenters. The summed E-state index contributed by atoms with van der Waals surface area (Å²) in [5, 5.41) is 17.2. The van der Waals surface area contributed by atoms with Crippen molar-refractivity contribution in [1.82, 2.24) is 5.32 Å². The van der Waals surface area contributed by atoms with Crippen LogP contribution in [0.3, 0.4) is 0 Å². The average molecular weight is 389 g/mol. The molecule has 2 atom stereocenters. The fourth-order valence-corrected chi connectivity index (χ4v) is 3.09. The fourth-order valence-electron chi connectivity index (χ4n) is 3.09. The molecule has 2 N–H and O–H groups in total. The van der Waals surface area contributed by atoms with Gasteiger partial charge in [0.15, 0.2) is 0 Å². The van der Waals surface area contributed by atoms with Crippen molar-refractivity contribution in [3.63, 3.8) is 0 Å². The predicted molar refractivity (Wildman–Crippen MR) is 114 cm³/mol. The number of hydrogen-bond donors (Lipinski definition) is 2. The van der Waals surface area contributed by atoms with Gasteiger partial charge in [0.1, 0.15) is 5.69 Å².